The number of fused-ring (bicyclic) bond motifs is 5. The van der Waals surface area contributed by atoms with Gasteiger partial charge in [-0.15, -0.1) is 0 Å². The van der Waals surface area contributed by atoms with Gasteiger partial charge in [0.2, 0.25) is 0 Å². The third-order valence-electron chi connectivity index (χ3n) is 5.80. The van der Waals surface area contributed by atoms with E-state index in [2.05, 4.69) is 25.5 Å². The number of nitrogens with one attached hydrogen (secondary N) is 3. The Kier molecular flexibility index (Phi) is 4.83. The Morgan fingerprint density at radius 2 is 2.09 bits per heavy atom. The van der Waals surface area contributed by atoms with E-state index in [4.69, 9.17) is 0 Å². The predicted octanol–water partition coefficient (Wildman–Crippen LogP) is 2.66. The number of anilines is 3. The van der Waals surface area contributed by atoms with Crippen LogP contribution in [0.5, 0.6) is 0 Å². The molecule has 5 heterocycles. The van der Waals surface area contributed by atoms with Gasteiger partial charge in [-0.25, -0.2) is 14.8 Å². The summed E-state index contributed by atoms with van der Waals surface area (Å²) in [5, 5.41) is 12.1. The molecule has 5 rings (SSSR count). The van der Waals surface area contributed by atoms with Crippen LogP contribution in [-0.2, 0) is 0 Å². The molecule has 2 aliphatic heterocycles. The molecule has 3 aromatic rings. The molecular weight excluding hydrogens is 441 g/mol. The standard InChI is InChI=1S/C20H19F3N8O2/c1-10(20(21,22)23)26-18(32)13-2-3-15-17(27-13)31(12-4-5-30(15)9-12)19(33)28-16-6-11-7-25-29-14(11)8-24-16/h2-3,6-8,10,12H,4-5,9H2,1H3,(H,25,29)(H,26,32)(H,24,28,33)/t10?,12-/m0/s1. The van der Waals surface area contributed by atoms with Crippen LogP contribution in [0.3, 0.4) is 0 Å². The van der Waals surface area contributed by atoms with Crippen LogP contribution in [0.4, 0.5) is 35.3 Å². The summed E-state index contributed by atoms with van der Waals surface area (Å²) in [6.07, 6.45) is -0.748. The summed E-state index contributed by atoms with van der Waals surface area (Å²) in [5.41, 5.74) is 1.15. The molecule has 3 amide bonds. The first-order valence-electron chi connectivity index (χ1n) is 10.2. The molecule has 0 spiro atoms. The van der Waals surface area contributed by atoms with E-state index in [-0.39, 0.29) is 17.6 Å². The Morgan fingerprint density at radius 1 is 1.27 bits per heavy atom. The monoisotopic (exact) mass is 460 g/mol. The first-order valence-corrected chi connectivity index (χ1v) is 10.2. The van der Waals surface area contributed by atoms with Crippen LogP contribution >= 0.6 is 0 Å². The van der Waals surface area contributed by atoms with E-state index in [0.29, 0.717) is 36.5 Å². The van der Waals surface area contributed by atoms with Crippen molar-refractivity contribution in [3.63, 3.8) is 0 Å². The molecule has 0 saturated carbocycles. The van der Waals surface area contributed by atoms with Crippen molar-refractivity contribution < 1.29 is 22.8 Å². The molecule has 2 atom stereocenters. The molecule has 13 heteroatoms. The fourth-order valence-electron chi connectivity index (χ4n) is 4.03. The minimum Gasteiger partial charge on any atom is -0.366 e. The second-order valence-corrected chi connectivity index (χ2v) is 7.99. The quantitative estimate of drug-likeness (QED) is 0.553. The number of amides is 3. The number of carbonyl (C=O) groups excluding carboxylic acids is 2. The Morgan fingerprint density at radius 3 is 2.88 bits per heavy atom. The summed E-state index contributed by atoms with van der Waals surface area (Å²) in [6, 6.07) is 1.90. The summed E-state index contributed by atoms with van der Waals surface area (Å²) < 4.78 is 38.5. The molecule has 3 aromatic heterocycles. The molecule has 2 bridgehead atoms. The van der Waals surface area contributed by atoms with Crippen LogP contribution in [0, 0.1) is 0 Å². The molecule has 0 aromatic carbocycles. The van der Waals surface area contributed by atoms with Crippen LogP contribution in [0.15, 0.2) is 30.6 Å². The van der Waals surface area contributed by atoms with Crippen LogP contribution in [0.2, 0.25) is 0 Å². The summed E-state index contributed by atoms with van der Waals surface area (Å²) in [5.74, 6) is -0.440. The van der Waals surface area contributed by atoms with Crippen LogP contribution in [0.1, 0.15) is 23.8 Å². The summed E-state index contributed by atoms with van der Waals surface area (Å²) in [6.45, 7) is 2.14. The second-order valence-electron chi connectivity index (χ2n) is 7.99. The molecule has 3 N–H and O–H groups in total. The van der Waals surface area contributed by atoms with E-state index in [1.165, 1.54) is 11.0 Å². The fourth-order valence-corrected chi connectivity index (χ4v) is 4.03. The Hall–Kier alpha value is -3.90. The summed E-state index contributed by atoms with van der Waals surface area (Å²) >= 11 is 0. The highest BCUT2D eigenvalue weighted by molar-refractivity contribution is 6.05. The van der Waals surface area contributed by atoms with Crippen molar-refractivity contribution in [3.05, 3.63) is 36.3 Å². The number of urea groups is 1. The number of pyridine rings is 2. The maximum absolute atomic E-state index is 13.2. The number of H-pyrrole nitrogens is 1. The lowest BCUT2D eigenvalue weighted by Gasteiger charge is -2.35. The van der Waals surface area contributed by atoms with Gasteiger partial charge >= 0.3 is 12.2 Å². The number of hydrogen-bond acceptors (Lipinski definition) is 6. The maximum Gasteiger partial charge on any atom is 0.408 e. The lowest BCUT2D eigenvalue weighted by Crippen LogP contribution is -2.49. The number of aromatic nitrogens is 4. The third kappa shape index (κ3) is 3.79. The van der Waals surface area contributed by atoms with Gasteiger partial charge in [0.05, 0.1) is 29.6 Å². The van der Waals surface area contributed by atoms with Gasteiger partial charge in [-0.05, 0) is 31.5 Å². The number of nitrogens with zero attached hydrogens (tertiary/aromatic N) is 5. The number of alkyl halides is 3. The van der Waals surface area contributed by atoms with Crippen LogP contribution in [-0.4, -0.2) is 63.5 Å². The van der Waals surface area contributed by atoms with Crippen molar-refractivity contribution in [2.75, 3.05) is 28.2 Å². The molecule has 1 unspecified atom stereocenters. The molecule has 10 nitrogen and oxygen atoms in total. The molecule has 0 radical (unpaired) electrons. The van der Waals surface area contributed by atoms with Gasteiger partial charge in [0.25, 0.3) is 5.91 Å². The van der Waals surface area contributed by atoms with Crippen molar-refractivity contribution in [1.29, 1.82) is 0 Å². The first-order chi connectivity index (χ1) is 15.7. The highest BCUT2D eigenvalue weighted by Crippen LogP contribution is 2.39. The zero-order valence-corrected chi connectivity index (χ0v) is 17.3. The zero-order chi connectivity index (χ0) is 23.3. The normalized spacial score (nSPS) is 18.2. The van der Waals surface area contributed by atoms with Crippen LogP contribution in [0.25, 0.3) is 10.9 Å². The average molecular weight is 460 g/mol. The minimum atomic E-state index is -4.58. The van der Waals surface area contributed by atoms with Gasteiger partial charge in [0.1, 0.15) is 17.6 Å². The van der Waals surface area contributed by atoms with Crippen molar-refractivity contribution in [2.45, 2.75) is 31.6 Å². The number of rotatable bonds is 3. The SMILES string of the molecule is CC(NC(=O)c1ccc2c(n1)N(C(=O)Nc1cc3cn[nH]c3cn1)[C@H]1CCN2C1)C(F)(F)F. The van der Waals surface area contributed by atoms with Crippen molar-refractivity contribution in [3.8, 4) is 0 Å². The van der Waals surface area contributed by atoms with Gasteiger partial charge in [-0.3, -0.25) is 20.1 Å². The topological polar surface area (TPSA) is 119 Å². The van der Waals surface area contributed by atoms with E-state index in [1.807, 2.05) is 10.2 Å². The molecule has 1 saturated heterocycles. The van der Waals surface area contributed by atoms with Crippen molar-refractivity contribution in [1.82, 2.24) is 25.5 Å². The van der Waals surface area contributed by atoms with Gasteiger partial charge < -0.3 is 10.2 Å². The molecule has 33 heavy (non-hydrogen) atoms. The highest BCUT2D eigenvalue weighted by atomic mass is 19.4. The van der Waals surface area contributed by atoms with Gasteiger partial charge in [0, 0.05) is 18.5 Å². The number of hydrogen-bond donors (Lipinski definition) is 3. The average Bonchev–Trinajstić information content (AvgIpc) is 3.40. The number of halogens is 3. The Balaban J connectivity index is 1.43. The number of aromatic amines is 1. The highest BCUT2D eigenvalue weighted by Gasteiger charge is 2.41. The minimum absolute atomic E-state index is 0.199. The van der Waals surface area contributed by atoms with Gasteiger partial charge in [0.15, 0.2) is 5.82 Å². The third-order valence-corrected chi connectivity index (χ3v) is 5.80. The molecule has 1 fully saturated rings. The Bertz CT molecular complexity index is 1240. The second kappa shape index (κ2) is 7.60. The smallest absolute Gasteiger partial charge is 0.366 e. The lowest BCUT2D eigenvalue weighted by molar-refractivity contribution is -0.149. The van der Waals surface area contributed by atoms with Crippen molar-refractivity contribution >= 4 is 40.2 Å². The van der Waals surface area contributed by atoms with E-state index in [0.717, 1.165) is 12.3 Å². The lowest BCUT2D eigenvalue weighted by atomic mass is 10.1. The molecule has 0 aliphatic carbocycles. The number of carbonyl (C=O) groups is 2. The van der Waals surface area contributed by atoms with Crippen LogP contribution < -0.4 is 20.4 Å². The molecule has 2 aliphatic rings. The largest absolute Gasteiger partial charge is 0.408 e. The Labute approximate surface area is 185 Å². The molecule has 172 valence electrons. The molecular formula is C20H19F3N8O2. The first kappa shape index (κ1) is 21.0. The van der Waals surface area contributed by atoms with Gasteiger partial charge in [-0.2, -0.15) is 18.3 Å². The van der Waals surface area contributed by atoms with E-state index in [1.54, 1.807) is 24.5 Å². The van der Waals surface area contributed by atoms with E-state index < -0.39 is 24.2 Å². The maximum atomic E-state index is 13.2. The fraction of sp³-hybridized carbons (Fsp3) is 0.350. The van der Waals surface area contributed by atoms with E-state index >= 15 is 0 Å². The summed E-state index contributed by atoms with van der Waals surface area (Å²) in [4.78, 5) is 37.6. The summed E-state index contributed by atoms with van der Waals surface area (Å²) in [7, 11) is 0. The van der Waals surface area contributed by atoms with Gasteiger partial charge in [-0.1, -0.05) is 0 Å². The van der Waals surface area contributed by atoms with Crippen molar-refractivity contribution in [2.24, 2.45) is 0 Å². The van der Waals surface area contributed by atoms with E-state index in [9.17, 15) is 22.8 Å². The predicted molar refractivity (Wildman–Crippen MR) is 113 cm³/mol. The zero-order valence-electron chi connectivity index (χ0n) is 17.3.